The normalized spacial score (nSPS) is 10.6. The van der Waals surface area contributed by atoms with Gasteiger partial charge in [0.1, 0.15) is 5.75 Å². The first kappa shape index (κ1) is 16.8. The molecule has 25 heavy (non-hydrogen) atoms. The van der Waals surface area contributed by atoms with Crippen LogP contribution in [0.4, 0.5) is 0 Å². The summed E-state index contributed by atoms with van der Waals surface area (Å²) in [6, 6.07) is 11.4. The smallest absolute Gasteiger partial charge is 0.254 e. The minimum Gasteiger partial charge on any atom is -0.493 e. The second-order valence-electron chi connectivity index (χ2n) is 5.56. The van der Waals surface area contributed by atoms with Crippen molar-refractivity contribution in [2.45, 2.75) is 20.5 Å². The third kappa shape index (κ3) is 3.57. The van der Waals surface area contributed by atoms with Gasteiger partial charge in [-0.15, -0.1) is 10.2 Å². The zero-order chi connectivity index (χ0) is 17.8. The van der Waals surface area contributed by atoms with E-state index in [1.807, 2.05) is 38.1 Å². The number of aryl methyl sites for hydroxylation is 1. The summed E-state index contributed by atoms with van der Waals surface area (Å²) >= 11 is 0. The number of methoxy groups -OCH3 is 2. The number of hydrogen-bond acceptors (Lipinski definition) is 6. The molecule has 0 saturated heterocycles. The maximum absolute atomic E-state index is 5.79. The second kappa shape index (κ2) is 7.25. The molecule has 0 spiro atoms. The first-order valence-electron chi connectivity index (χ1n) is 7.86. The molecule has 0 atom stereocenters. The van der Waals surface area contributed by atoms with Gasteiger partial charge >= 0.3 is 0 Å². The van der Waals surface area contributed by atoms with Crippen LogP contribution in [-0.2, 0) is 6.61 Å². The topological polar surface area (TPSA) is 66.6 Å². The van der Waals surface area contributed by atoms with E-state index in [0.29, 0.717) is 23.3 Å². The van der Waals surface area contributed by atoms with Crippen molar-refractivity contribution in [1.82, 2.24) is 10.2 Å². The Kier molecular flexibility index (Phi) is 4.88. The van der Waals surface area contributed by atoms with Crippen LogP contribution in [-0.4, -0.2) is 24.4 Å². The van der Waals surface area contributed by atoms with E-state index in [-0.39, 0.29) is 6.61 Å². The van der Waals surface area contributed by atoms with E-state index in [1.54, 1.807) is 26.4 Å². The largest absolute Gasteiger partial charge is 0.493 e. The van der Waals surface area contributed by atoms with Gasteiger partial charge in [0, 0.05) is 5.56 Å². The predicted octanol–water partition coefficient (Wildman–Crippen LogP) is 3.95. The third-order valence-electron chi connectivity index (χ3n) is 4.00. The van der Waals surface area contributed by atoms with E-state index in [1.165, 1.54) is 5.56 Å². The van der Waals surface area contributed by atoms with Crippen LogP contribution in [0.1, 0.15) is 17.0 Å². The van der Waals surface area contributed by atoms with Crippen molar-refractivity contribution in [3.8, 4) is 28.7 Å². The van der Waals surface area contributed by atoms with Crippen LogP contribution in [0.2, 0.25) is 0 Å². The summed E-state index contributed by atoms with van der Waals surface area (Å²) in [6.45, 7) is 4.28. The lowest BCUT2D eigenvalue weighted by molar-refractivity contribution is 0.262. The van der Waals surface area contributed by atoms with Gasteiger partial charge in [0.2, 0.25) is 5.89 Å². The van der Waals surface area contributed by atoms with E-state index in [9.17, 15) is 0 Å². The maximum atomic E-state index is 5.79. The van der Waals surface area contributed by atoms with Crippen LogP contribution in [0.15, 0.2) is 40.8 Å². The van der Waals surface area contributed by atoms with Gasteiger partial charge in [-0.3, -0.25) is 0 Å². The predicted molar refractivity (Wildman–Crippen MR) is 93.1 cm³/mol. The molecule has 0 saturated carbocycles. The minimum absolute atomic E-state index is 0.213. The zero-order valence-electron chi connectivity index (χ0n) is 14.7. The maximum Gasteiger partial charge on any atom is 0.254 e. The Morgan fingerprint density at radius 2 is 1.72 bits per heavy atom. The molecule has 0 unspecified atom stereocenters. The number of aromatic nitrogens is 2. The molecule has 1 heterocycles. The first-order chi connectivity index (χ1) is 12.1. The number of ether oxygens (including phenoxy) is 3. The molecule has 0 bridgehead atoms. The SMILES string of the molecule is COc1ccc(-c2nnc(COc3cccc(C)c3C)o2)cc1OC. The average Bonchev–Trinajstić information content (AvgIpc) is 3.11. The van der Waals surface area contributed by atoms with Gasteiger partial charge in [-0.2, -0.15) is 0 Å². The van der Waals surface area contributed by atoms with Crippen molar-refractivity contribution in [3.63, 3.8) is 0 Å². The molecule has 0 aliphatic rings. The number of hydrogen-bond donors (Lipinski definition) is 0. The molecule has 3 rings (SSSR count). The van der Waals surface area contributed by atoms with E-state index < -0.39 is 0 Å². The van der Waals surface area contributed by atoms with Crippen molar-refractivity contribution in [3.05, 3.63) is 53.4 Å². The molecule has 0 amide bonds. The van der Waals surface area contributed by atoms with Gasteiger partial charge in [-0.1, -0.05) is 12.1 Å². The van der Waals surface area contributed by atoms with E-state index in [2.05, 4.69) is 10.2 Å². The third-order valence-corrected chi connectivity index (χ3v) is 4.00. The van der Waals surface area contributed by atoms with E-state index >= 15 is 0 Å². The summed E-state index contributed by atoms with van der Waals surface area (Å²) in [6.07, 6.45) is 0. The van der Waals surface area contributed by atoms with Crippen molar-refractivity contribution in [2.24, 2.45) is 0 Å². The number of rotatable bonds is 6. The quantitative estimate of drug-likeness (QED) is 0.677. The summed E-state index contributed by atoms with van der Waals surface area (Å²) in [5.74, 6) is 2.87. The van der Waals surface area contributed by atoms with Crippen molar-refractivity contribution in [2.75, 3.05) is 14.2 Å². The van der Waals surface area contributed by atoms with Crippen LogP contribution in [0.25, 0.3) is 11.5 Å². The van der Waals surface area contributed by atoms with Gasteiger partial charge in [0.05, 0.1) is 14.2 Å². The van der Waals surface area contributed by atoms with Gasteiger partial charge in [0.15, 0.2) is 18.1 Å². The fourth-order valence-electron chi connectivity index (χ4n) is 2.42. The molecule has 0 aliphatic carbocycles. The Hall–Kier alpha value is -3.02. The summed E-state index contributed by atoms with van der Waals surface area (Å²) < 4.78 is 22.0. The molecule has 3 aromatic rings. The molecular weight excluding hydrogens is 320 g/mol. The van der Waals surface area contributed by atoms with Crippen LogP contribution in [0, 0.1) is 13.8 Å². The molecule has 6 heteroatoms. The first-order valence-corrected chi connectivity index (χ1v) is 7.86. The van der Waals surface area contributed by atoms with Gasteiger partial charge < -0.3 is 18.6 Å². The van der Waals surface area contributed by atoms with Gasteiger partial charge in [-0.05, 0) is 49.2 Å². The van der Waals surface area contributed by atoms with Crippen LogP contribution in [0.3, 0.4) is 0 Å². The summed E-state index contributed by atoms with van der Waals surface area (Å²) in [7, 11) is 3.17. The molecular formula is C19H20N2O4. The highest BCUT2D eigenvalue weighted by molar-refractivity contribution is 5.59. The molecule has 130 valence electrons. The fraction of sp³-hybridized carbons (Fsp3) is 0.263. The molecule has 0 aliphatic heterocycles. The zero-order valence-corrected chi connectivity index (χ0v) is 14.7. The number of benzene rings is 2. The Labute approximate surface area is 146 Å². The highest BCUT2D eigenvalue weighted by Crippen LogP contribution is 2.31. The van der Waals surface area contributed by atoms with Crippen molar-refractivity contribution < 1.29 is 18.6 Å². The van der Waals surface area contributed by atoms with Crippen LogP contribution < -0.4 is 14.2 Å². The summed E-state index contributed by atoms with van der Waals surface area (Å²) in [4.78, 5) is 0. The Morgan fingerprint density at radius 1 is 0.920 bits per heavy atom. The molecule has 0 fully saturated rings. The van der Waals surface area contributed by atoms with Crippen LogP contribution in [0.5, 0.6) is 17.2 Å². The highest BCUT2D eigenvalue weighted by atomic mass is 16.5. The van der Waals surface area contributed by atoms with Gasteiger partial charge in [-0.25, -0.2) is 0 Å². The summed E-state index contributed by atoms with van der Waals surface area (Å²) in [5.41, 5.74) is 3.03. The molecule has 0 N–H and O–H groups in total. The average molecular weight is 340 g/mol. The van der Waals surface area contributed by atoms with Crippen molar-refractivity contribution in [1.29, 1.82) is 0 Å². The van der Waals surface area contributed by atoms with Crippen molar-refractivity contribution >= 4 is 0 Å². The monoisotopic (exact) mass is 340 g/mol. The lowest BCUT2D eigenvalue weighted by Gasteiger charge is -2.09. The molecule has 2 aromatic carbocycles. The molecule has 1 aromatic heterocycles. The lowest BCUT2D eigenvalue weighted by Crippen LogP contribution is -1.98. The van der Waals surface area contributed by atoms with Gasteiger partial charge in [0.25, 0.3) is 5.89 Å². The van der Waals surface area contributed by atoms with Crippen LogP contribution >= 0.6 is 0 Å². The molecule has 0 radical (unpaired) electrons. The Morgan fingerprint density at radius 3 is 2.48 bits per heavy atom. The van der Waals surface area contributed by atoms with E-state index in [0.717, 1.165) is 16.9 Å². The Bertz CT molecular complexity index is 874. The summed E-state index contributed by atoms with van der Waals surface area (Å²) in [5, 5.41) is 8.12. The highest BCUT2D eigenvalue weighted by Gasteiger charge is 2.13. The molecule has 6 nitrogen and oxygen atoms in total. The van der Waals surface area contributed by atoms with E-state index in [4.69, 9.17) is 18.6 Å². The lowest BCUT2D eigenvalue weighted by atomic mass is 10.1. The Balaban J connectivity index is 1.75. The standard InChI is InChI=1S/C19H20N2O4/c1-12-6-5-7-15(13(12)2)24-11-18-20-21-19(25-18)14-8-9-16(22-3)17(10-14)23-4/h5-10H,11H2,1-4H3. The fourth-order valence-corrected chi connectivity index (χ4v) is 2.42. The minimum atomic E-state index is 0.213. The number of nitrogens with zero attached hydrogens (tertiary/aromatic N) is 2. The second-order valence-corrected chi connectivity index (χ2v) is 5.56.